The maximum atomic E-state index is 12.6. The number of nitrogens with one attached hydrogen (secondary N) is 1. The normalized spacial score (nSPS) is 17.6. The number of tetrazole rings is 1. The van der Waals surface area contributed by atoms with Gasteiger partial charge >= 0.3 is 0 Å². The van der Waals surface area contributed by atoms with Gasteiger partial charge in [0.25, 0.3) is 5.91 Å². The number of hydrogen-bond donors (Lipinski definition) is 2. The van der Waals surface area contributed by atoms with E-state index >= 15 is 0 Å². The molecule has 2 aromatic carbocycles. The Morgan fingerprint density at radius 3 is 2.66 bits per heavy atom. The third-order valence-electron chi connectivity index (χ3n) is 5.29. The molecule has 0 saturated carbocycles. The Balaban J connectivity index is 1.36. The van der Waals surface area contributed by atoms with Gasteiger partial charge in [-0.1, -0.05) is 30.3 Å². The van der Waals surface area contributed by atoms with Crippen molar-refractivity contribution in [2.45, 2.75) is 25.6 Å². The van der Waals surface area contributed by atoms with Gasteiger partial charge in [0.05, 0.1) is 6.61 Å². The van der Waals surface area contributed by atoms with Crippen molar-refractivity contribution in [2.75, 3.05) is 25.0 Å². The summed E-state index contributed by atoms with van der Waals surface area (Å²) in [6.07, 6.45) is -0.308. The van der Waals surface area contributed by atoms with Crippen LogP contribution in [0.25, 0.3) is 0 Å². The molecule has 2 heterocycles. The monoisotopic (exact) mass is 435 g/mol. The van der Waals surface area contributed by atoms with Gasteiger partial charge in [-0.15, -0.1) is 10.2 Å². The molecule has 10 heteroatoms. The Kier molecular flexibility index (Phi) is 6.52. The zero-order chi connectivity index (χ0) is 22.5. The van der Waals surface area contributed by atoms with Crippen LogP contribution >= 0.6 is 0 Å². The first-order chi connectivity index (χ1) is 15.5. The second-order valence-electron chi connectivity index (χ2n) is 7.65. The van der Waals surface area contributed by atoms with Gasteiger partial charge in [0, 0.05) is 30.9 Å². The molecule has 32 heavy (non-hydrogen) atoms. The standard InChI is InChI=1S/C22H25N7O3/c1-15(22(31)24-18-9-7-17(8-10-18)20(23)30)29-26-21(25-27-29)19-14-28(11-12-32-19)13-16-5-3-2-4-6-16/h2-10,15,19H,11-14H2,1H3,(H2,23,30)(H,24,31). The van der Waals surface area contributed by atoms with Crippen LogP contribution in [0.15, 0.2) is 54.6 Å². The molecular weight excluding hydrogens is 410 g/mol. The lowest BCUT2D eigenvalue weighted by Gasteiger charge is -2.31. The molecule has 0 bridgehead atoms. The molecule has 1 fully saturated rings. The number of carbonyl (C=O) groups is 2. The van der Waals surface area contributed by atoms with E-state index in [4.69, 9.17) is 10.5 Å². The van der Waals surface area contributed by atoms with Crippen LogP contribution in [0.3, 0.4) is 0 Å². The van der Waals surface area contributed by atoms with Crippen molar-refractivity contribution in [1.29, 1.82) is 0 Å². The maximum Gasteiger partial charge on any atom is 0.250 e. The third kappa shape index (κ3) is 5.16. The van der Waals surface area contributed by atoms with E-state index in [0.717, 1.165) is 13.1 Å². The van der Waals surface area contributed by atoms with Gasteiger partial charge in [-0.05, 0) is 42.0 Å². The molecule has 3 aromatic rings. The quantitative estimate of drug-likeness (QED) is 0.576. The van der Waals surface area contributed by atoms with E-state index in [1.807, 2.05) is 18.2 Å². The van der Waals surface area contributed by atoms with Gasteiger partial charge in [0.1, 0.15) is 12.1 Å². The number of anilines is 1. The van der Waals surface area contributed by atoms with Gasteiger partial charge in [-0.2, -0.15) is 4.80 Å². The first kappa shape index (κ1) is 21.6. The number of ether oxygens (including phenoxy) is 1. The Morgan fingerprint density at radius 2 is 1.94 bits per heavy atom. The Labute approximate surface area is 185 Å². The second-order valence-corrected chi connectivity index (χ2v) is 7.65. The number of carbonyl (C=O) groups excluding carboxylic acids is 2. The highest BCUT2D eigenvalue weighted by atomic mass is 16.5. The SMILES string of the molecule is CC(C(=O)Nc1ccc(C(N)=O)cc1)n1nnc(C2CN(Cc3ccccc3)CCO2)n1. The van der Waals surface area contributed by atoms with E-state index in [2.05, 4.69) is 37.8 Å². The highest BCUT2D eigenvalue weighted by Gasteiger charge is 2.27. The molecule has 0 spiro atoms. The zero-order valence-electron chi connectivity index (χ0n) is 17.7. The smallest absolute Gasteiger partial charge is 0.250 e. The number of nitrogens with zero attached hydrogens (tertiary/aromatic N) is 5. The van der Waals surface area contributed by atoms with Gasteiger partial charge in [-0.25, -0.2) is 0 Å². The molecule has 0 aliphatic carbocycles. The maximum absolute atomic E-state index is 12.6. The predicted octanol–water partition coefficient (Wildman–Crippen LogP) is 1.55. The summed E-state index contributed by atoms with van der Waals surface area (Å²) in [6, 6.07) is 15.9. The molecule has 1 saturated heterocycles. The lowest BCUT2D eigenvalue weighted by molar-refractivity contribution is -0.119. The van der Waals surface area contributed by atoms with Gasteiger partial charge in [0.15, 0.2) is 0 Å². The molecule has 2 atom stereocenters. The molecule has 2 unspecified atom stereocenters. The average molecular weight is 435 g/mol. The Hall–Kier alpha value is -3.63. The number of rotatable bonds is 7. The average Bonchev–Trinajstić information content (AvgIpc) is 3.30. The van der Waals surface area contributed by atoms with Crippen LogP contribution in [0.4, 0.5) is 5.69 Å². The van der Waals surface area contributed by atoms with Crippen molar-refractivity contribution in [1.82, 2.24) is 25.1 Å². The minimum absolute atomic E-state index is 0.308. The number of primary amides is 1. The number of nitrogens with two attached hydrogens (primary N) is 1. The Morgan fingerprint density at radius 1 is 1.19 bits per heavy atom. The van der Waals surface area contributed by atoms with E-state index in [0.29, 0.717) is 30.2 Å². The molecular formula is C22H25N7O3. The second kappa shape index (κ2) is 9.67. The van der Waals surface area contributed by atoms with Gasteiger partial charge in [-0.3, -0.25) is 14.5 Å². The van der Waals surface area contributed by atoms with Crippen molar-refractivity contribution < 1.29 is 14.3 Å². The highest BCUT2D eigenvalue weighted by Crippen LogP contribution is 2.21. The summed E-state index contributed by atoms with van der Waals surface area (Å²) >= 11 is 0. The van der Waals surface area contributed by atoms with Gasteiger partial charge < -0.3 is 15.8 Å². The summed E-state index contributed by atoms with van der Waals surface area (Å²) in [6.45, 7) is 4.55. The van der Waals surface area contributed by atoms with Crippen LogP contribution in [0.5, 0.6) is 0 Å². The largest absolute Gasteiger partial charge is 0.367 e. The topological polar surface area (TPSA) is 128 Å². The highest BCUT2D eigenvalue weighted by molar-refractivity contribution is 5.95. The Bertz CT molecular complexity index is 1070. The van der Waals surface area contributed by atoms with Crippen LogP contribution in [0.1, 0.15) is 40.8 Å². The van der Waals surface area contributed by atoms with Crippen LogP contribution < -0.4 is 11.1 Å². The van der Waals surface area contributed by atoms with Crippen molar-refractivity contribution in [2.24, 2.45) is 5.73 Å². The lowest BCUT2D eigenvalue weighted by atomic mass is 10.2. The summed E-state index contributed by atoms with van der Waals surface area (Å²) < 4.78 is 5.85. The lowest BCUT2D eigenvalue weighted by Crippen LogP contribution is -2.38. The molecule has 4 rings (SSSR count). The zero-order valence-corrected chi connectivity index (χ0v) is 17.7. The molecule has 166 valence electrons. The van der Waals surface area contributed by atoms with Crippen molar-refractivity contribution in [3.8, 4) is 0 Å². The summed E-state index contributed by atoms with van der Waals surface area (Å²) in [5, 5.41) is 15.3. The minimum Gasteiger partial charge on any atom is -0.367 e. The molecule has 0 radical (unpaired) electrons. The van der Waals surface area contributed by atoms with Crippen molar-refractivity contribution >= 4 is 17.5 Å². The summed E-state index contributed by atoms with van der Waals surface area (Å²) in [5.74, 6) is -0.382. The van der Waals surface area contributed by atoms with E-state index in [9.17, 15) is 9.59 Å². The molecule has 3 N–H and O–H groups in total. The fourth-order valence-corrected chi connectivity index (χ4v) is 3.44. The molecule has 10 nitrogen and oxygen atoms in total. The van der Waals surface area contributed by atoms with Crippen molar-refractivity contribution in [3.05, 3.63) is 71.5 Å². The van der Waals surface area contributed by atoms with E-state index in [1.54, 1.807) is 31.2 Å². The summed E-state index contributed by atoms with van der Waals surface area (Å²) in [4.78, 5) is 27.3. The van der Waals surface area contributed by atoms with Crippen LogP contribution in [0, 0.1) is 0 Å². The van der Waals surface area contributed by atoms with Crippen LogP contribution in [-0.2, 0) is 16.1 Å². The van der Waals surface area contributed by atoms with Crippen LogP contribution in [0.2, 0.25) is 0 Å². The number of aromatic nitrogens is 4. The molecule has 1 aliphatic heterocycles. The number of benzene rings is 2. The number of amides is 2. The van der Waals surface area contributed by atoms with E-state index < -0.39 is 11.9 Å². The minimum atomic E-state index is -0.684. The van der Waals surface area contributed by atoms with E-state index in [1.165, 1.54) is 10.4 Å². The van der Waals surface area contributed by atoms with Crippen molar-refractivity contribution in [3.63, 3.8) is 0 Å². The molecule has 2 amide bonds. The van der Waals surface area contributed by atoms with Crippen LogP contribution in [-0.4, -0.2) is 56.6 Å². The summed E-state index contributed by atoms with van der Waals surface area (Å²) in [5.41, 5.74) is 7.38. The molecule has 1 aromatic heterocycles. The van der Waals surface area contributed by atoms with E-state index in [-0.39, 0.29) is 12.0 Å². The van der Waals surface area contributed by atoms with Gasteiger partial charge in [0.2, 0.25) is 11.7 Å². The fraction of sp³-hybridized carbons (Fsp3) is 0.318. The first-order valence-electron chi connectivity index (χ1n) is 10.4. The third-order valence-corrected chi connectivity index (χ3v) is 5.29. The fourth-order valence-electron chi connectivity index (χ4n) is 3.44. The summed E-state index contributed by atoms with van der Waals surface area (Å²) in [7, 11) is 0. The number of hydrogen-bond acceptors (Lipinski definition) is 7. The molecule has 1 aliphatic rings. The first-order valence-corrected chi connectivity index (χ1v) is 10.4. The predicted molar refractivity (Wildman–Crippen MR) is 117 cm³/mol. The number of morpholine rings is 1.